The monoisotopic (exact) mass is 325 g/mol. The van der Waals surface area contributed by atoms with Crippen molar-refractivity contribution >= 4 is 5.69 Å². The van der Waals surface area contributed by atoms with E-state index < -0.39 is 5.95 Å². The van der Waals surface area contributed by atoms with Crippen LogP contribution in [0.3, 0.4) is 0 Å². The molecule has 2 atom stereocenters. The van der Waals surface area contributed by atoms with Crippen LogP contribution in [0.1, 0.15) is 31.7 Å². The highest BCUT2D eigenvalue weighted by molar-refractivity contribution is 5.71. The summed E-state index contributed by atoms with van der Waals surface area (Å²) in [5.41, 5.74) is 4.65. The molecule has 1 aromatic heterocycles. The molecular formula is C20H24FN3. The number of hydrogen-bond acceptors (Lipinski definition) is 3. The SMILES string of the molecule is CN1CCC[C@@H]1CC1(C)CNc2ccc(-c3ccnc(F)c3)cc21. The fourth-order valence-electron chi connectivity index (χ4n) is 4.28. The van der Waals surface area contributed by atoms with E-state index in [9.17, 15) is 4.39 Å². The lowest BCUT2D eigenvalue weighted by molar-refractivity contribution is 0.254. The van der Waals surface area contributed by atoms with E-state index in [1.807, 2.05) is 6.07 Å². The number of rotatable bonds is 3. The van der Waals surface area contributed by atoms with Gasteiger partial charge in [0.2, 0.25) is 5.95 Å². The summed E-state index contributed by atoms with van der Waals surface area (Å²) in [6.07, 6.45) is 5.28. The summed E-state index contributed by atoms with van der Waals surface area (Å²) in [4.78, 5) is 6.15. The molecule has 0 radical (unpaired) electrons. The summed E-state index contributed by atoms with van der Waals surface area (Å²) in [5, 5.41) is 3.56. The molecule has 4 heteroatoms. The van der Waals surface area contributed by atoms with Crippen LogP contribution in [0.2, 0.25) is 0 Å². The van der Waals surface area contributed by atoms with Gasteiger partial charge in [0.25, 0.3) is 0 Å². The van der Waals surface area contributed by atoms with Crippen molar-refractivity contribution in [3.8, 4) is 11.1 Å². The van der Waals surface area contributed by atoms with Crippen molar-refractivity contribution in [2.45, 2.75) is 37.6 Å². The Balaban J connectivity index is 1.67. The van der Waals surface area contributed by atoms with Gasteiger partial charge in [-0.05, 0) is 67.7 Å². The molecule has 0 spiro atoms. The molecule has 0 amide bonds. The first kappa shape index (κ1) is 15.6. The molecule has 0 saturated carbocycles. The summed E-state index contributed by atoms with van der Waals surface area (Å²) in [7, 11) is 2.24. The predicted octanol–water partition coefficient (Wildman–Crippen LogP) is 4.06. The molecule has 2 aromatic rings. The second-order valence-electron chi connectivity index (χ2n) is 7.52. The van der Waals surface area contributed by atoms with Crippen molar-refractivity contribution in [1.82, 2.24) is 9.88 Å². The number of benzene rings is 1. The largest absolute Gasteiger partial charge is 0.384 e. The number of anilines is 1. The first-order valence-corrected chi connectivity index (χ1v) is 8.76. The Bertz CT molecular complexity index is 760. The lowest BCUT2D eigenvalue weighted by atomic mass is 9.77. The van der Waals surface area contributed by atoms with E-state index in [1.54, 1.807) is 0 Å². The van der Waals surface area contributed by atoms with Crippen molar-refractivity contribution in [2.75, 3.05) is 25.5 Å². The van der Waals surface area contributed by atoms with Crippen LogP contribution in [-0.2, 0) is 5.41 Å². The maximum Gasteiger partial charge on any atom is 0.213 e. The first-order chi connectivity index (χ1) is 11.5. The highest BCUT2D eigenvalue weighted by Gasteiger charge is 2.38. The molecule has 24 heavy (non-hydrogen) atoms. The highest BCUT2D eigenvalue weighted by atomic mass is 19.1. The van der Waals surface area contributed by atoms with Gasteiger partial charge in [0.1, 0.15) is 0 Å². The predicted molar refractivity (Wildman–Crippen MR) is 95.7 cm³/mol. The van der Waals surface area contributed by atoms with Gasteiger partial charge < -0.3 is 10.2 Å². The van der Waals surface area contributed by atoms with Crippen LogP contribution < -0.4 is 5.32 Å². The Hall–Kier alpha value is -1.94. The molecule has 4 rings (SSSR count). The molecule has 2 aliphatic rings. The lowest BCUT2D eigenvalue weighted by Crippen LogP contribution is -2.35. The van der Waals surface area contributed by atoms with Gasteiger partial charge in [-0.2, -0.15) is 4.39 Å². The van der Waals surface area contributed by atoms with E-state index in [-0.39, 0.29) is 5.41 Å². The van der Waals surface area contributed by atoms with Gasteiger partial charge in [-0.3, -0.25) is 0 Å². The third kappa shape index (κ3) is 2.69. The Morgan fingerprint density at radius 2 is 2.12 bits per heavy atom. The molecule has 0 bridgehead atoms. The molecule has 1 unspecified atom stereocenters. The summed E-state index contributed by atoms with van der Waals surface area (Å²) >= 11 is 0. The summed E-state index contributed by atoms with van der Waals surface area (Å²) in [6.45, 7) is 4.53. The van der Waals surface area contributed by atoms with Crippen LogP contribution in [0, 0.1) is 5.95 Å². The van der Waals surface area contributed by atoms with Gasteiger partial charge in [-0.15, -0.1) is 0 Å². The zero-order valence-electron chi connectivity index (χ0n) is 14.3. The number of pyridine rings is 1. The molecule has 0 aliphatic carbocycles. The maximum absolute atomic E-state index is 13.5. The standard InChI is InChI=1S/C20H24FN3/c1-20(12-16-4-3-9-24(16)2)13-23-18-6-5-14(10-17(18)20)15-7-8-22-19(21)11-15/h5-8,10-11,16,23H,3-4,9,12-13H2,1-2H3/t16-,20?/m1/s1. The Kier molecular flexibility index (Phi) is 3.80. The smallest absolute Gasteiger partial charge is 0.213 e. The number of nitrogens with one attached hydrogen (secondary N) is 1. The molecule has 1 N–H and O–H groups in total. The summed E-state index contributed by atoms with van der Waals surface area (Å²) in [6, 6.07) is 10.5. The molecule has 1 fully saturated rings. The number of fused-ring (bicyclic) bond motifs is 1. The van der Waals surface area contributed by atoms with E-state index >= 15 is 0 Å². The summed E-state index contributed by atoms with van der Waals surface area (Å²) < 4.78 is 13.5. The minimum Gasteiger partial charge on any atom is -0.384 e. The van der Waals surface area contributed by atoms with Crippen LogP contribution in [0.25, 0.3) is 11.1 Å². The lowest BCUT2D eigenvalue weighted by Gasteiger charge is -2.31. The Labute approximate surface area is 142 Å². The molecule has 3 nitrogen and oxygen atoms in total. The molecule has 1 saturated heterocycles. The molecular weight excluding hydrogens is 301 g/mol. The van der Waals surface area contributed by atoms with E-state index in [2.05, 4.69) is 47.4 Å². The van der Waals surface area contributed by atoms with Gasteiger partial charge in [-0.25, -0.2) is 4.98 Å². The zero-order valence-corrected chi connectivity index (χ0v) is 14.3. The number of aromatic nitrogens is 1. The summed E-state index contributed by atoms with van der Waals surface area (Å²) in [5.74, 6) is -0.429. The minimum absolute atomic E-state index is 0.125. The number of hydrogen-bond donors (Lipinski definition) is 1. The Morgan fingerprint density at radius 1 is 1.29 bits per heavy atom. The van der Waals surface area contributed by atoms with E-state index in [0.29, 0.717) is 6.04 Å². The van der Waals surface area contributed by atoms with Gasteiger partial charge in [0.15, 0.2) is 0 Å². The number of likely N-dealkylation sites (tertiary alicyclic amines) is 1. The fourth-order valence-corrected chi connectivity index (χ4v) is 4.28. The molecule has 2 aliphatic heterocycles. The van der Waals surface area contributed by atoms with Crippen molar-refractivity contribution in [3.63, 3.8) is 0 Å². The van der Waals surface area contributed by atoms with Crippen LogP contribution >= 0.6 is 0 Å². The van der Waals surface area contributed by atoms with Gasteiger partial charge in [0.05, 0.1) is 0 Å². The van der Waals surface area contributed by atoms with E-state index in [0.717, 1.165) is 24.1 Å². The van der Waals surface area contributed by atoms with Crippen molar-refractivity contribution in [2.24, 2.45) is 0 Å². The number of nitrogens with zero attached hydrogens (tertiary/aromatic N) is 2. The van der Waals surface area contributed by atoms with Crippen LogP contribution in [-0.4, -0.2) is 36.1 Å². The molecule has 3 heterocycles. The van der Waals surface area contributed by atoms with Gasteiger partial charge in [-0.1, -0.05) is 13.0 Å². The second kappa shape index (κ2) is 5.85. The van der Waals surface area contributed by atoms with Crippen LogP contribution in [0.4, 0.5) is 10.1 Å². The zero-order chi connectivity index (χ0) is 16.7. The normalized spacial score (nSPS) is 26.4. The fraction of sp³-hybridized carbons (Fsp3) is 0.450. The van der Waals surface area contributed by atoms with Crippen LogP contribution in [0.15, 0.2) is 36.5 Å². The average molecular weight is 325 g/mol. The number of halogens is 1. The van der Waals surface area contributed by atoms with E-state index in [4.69, 9.17) is 0 Å². The molecule has 1 aromatic carbocycles. The minimum atomic E-state index is -0.429. The van der Waals surface area contributed by atoms with Crippen LogP contribution in [0.5, 0.6) is 0 Å². The third-order valence-electron chi connectivity index (χ3n) is 5.76. The van der Waals surface area contributed by atoms with E-state index in [1.165, 1.54) is 42.9 Å². The van der Waals surface area contributed by atoms with Crippen molar-refractivity contribution in [3.05, 3.63) is 48.0 Å². The van der Waals surface area contributed by atoms with Crippen molar-refractivity contribution < 1.29 is 4.39 Å². The Morgan fingerprint density at radius 3 is 2.88 bits per heavy atom. The molecule has 126 valence electrons. The first-order valence-electron chi connectivity index (χ1n) is 8.76. The van der Waals surface area contributed by atoms with Crippen molar-refractivity contribution in [1.29, 1.82) is 0 Å². The topological polar surface area (TPSA) is 28.2 Å². The second-order valence-corrected chi connectivity index (χ2v) is 7.52. The highest BCUT2D eigenvalue weighted by Crippen LogP contribution is 2.43. The average Bonchev–Trinajstić information content (AvgIpc) is 3.12. The van der Waals surface area contributed by atoms with Gasteiger partial charge in [0, 0.05) is 36.0 Å². The third-order valence-corrected chi connectivity index (χ3v) is 5.76. The maximum atomic E-state index is 13.5. The quantitative estimate of drug-likeness (QED) is 0.863. The van der Waals surface area contributed by atoms with Gasteiger partial charge >= 0.3 is 0 Å².